The summed E-state index contributed by atoms with van der Waals surface area (Å²) in [5.41, 5.74) is 2.97. The van der Waals surface area contributed by atoms with Crippen molar-refractivity contribution < 1.29 is 19.4 Å². The Hall–Kier alpha value is -3.03. The first kappa shape index (κ1) is 23.1. The van der Waals surface area contributed by atoms with Crippen LogP contribution in [0.25, 0.3) is 11.3 Å². The Kier molecular flexibility index (Phi) is 7.20. The molecule has 7 nitrogen and oxygen atoms in total. The number of amides is 1. The average molecular weight is 470 g/mol. The van der Waals surface area contributed by atoms with Crippen LogP contribution in [0, 0.1) is 0 Å². The van der Waals surface area contributed by atoms with E-state index in [1.807, 2.05) is 24.3 Å². The van der Waals surface area contributed by atoms with E-state index in [-0.39, 0.29) is 11.7 Å². The molecular weight excluding hydrogens is 442 g/mol. The van der Waals surface area contributed by atoms with Crippen molar-refractivity contribution in [1.29, 1.82) is 0 Å². The number of aromatic hydroxyl groups is 1. The lowest BCUT2D eigenvalue weighted by atomic mass is 9.95. The Morgan fingerprint density at radius 3 is 2.82 bits per heavy atom. The average Bonchev–Trinajstić information content (AvgIpc) is 3.36. The molecule has 1 atom stereocenters. The molecule has 8 heteroatoms. The lowest BCUT2D eigenvalue weighted by Crippen LogP contribution is -2.32. The van der Waals surface area contributed by atoms with Gasteiger partial charge in [-0.2, -0.15) is 5.10 Å². The Morgan fingerprint density at radius 1 is 1.18 bits per heavy atom. The van der Waals surface area contributed by atoms with Crippen molar-refractivity contribution in [3.05, 3.63) is 64.3 Å². The number of unbranched alkanes of at least 4 members (excludes halogenated alkanes) is 2. The van der Waals surface area contributed by atoms with Crippen LogP contribution in [-0.2, 0) is 4.74 Å². The summed E-state index contributed by atoms with van der Waals surface area (Å²) >= 11 is 6.20. The number of nitrogens with one attached hydrogen (secondary N) is 1. The van der Waals surface area contributed by atoms with Gasteiger partial charge >= 0.3 is 0 Å². The minimum atomic E-state index is -0.408. The van der Waals surface area contributed by atoms with Gasteiger partial charge in [-0.1, -0.05) is 43.5 Å². The lowest BCUT2D eigenvalue weighted by Gasteiger charge is -2.26. The first-order valence-electron chi connectivity index (χ1n) is 11.1. The molecule has 1 aliphatic heterocycles. The van der Waals surface area contributed by atoms with E-state index in [2.05, 4.69) is 17.1 Å². The van der Waals surface area contributed by atoms with Crippen molar-refractivity contribution in [2.45, 2.75) is 32.2 Å². The normalized spacial score (nSPS) is 15.2. The predicted octanol–water partition coefficient (Wildman–Crippen LogP) is 5.20. The Morgan fingerprint density at radius 2 is 2.03 bits per heavy atom. The molecular formula is C25H28ClN3O4. The molecule has 0 saturated carbocycles. The highest BCUT2D eigenvalue weighted by atomic mass is 35.5. The number of nitrogens with zero attached hydrogens (tertiary/aromatic N) is 2. The number of fused-ring (bicyclic) bond motifs is 1. The summed E-state index contributed by atoms with van der Waals surface area (Å²) < 4.78 is 11.2. The van der Waals surface area contributed by atoms with Crippen molar-refractivity contribution in [3.8, 4) is 22.8 Å². The Labute approximate surface area is 198 Å². The minimum Gasteiger partial charge on any atom is -0.507 e. The van der Waals surface area contributed by atoms with Crippen molar-refractivity contribution in [2.75, 3.05) is 26.9 Å². The van der Waals surface area contributed by atoms with Crippen molar-refractivity contribution in [1.82, 2.24) is 15.1 Å². The highest BCUT2D eigenvalue weighted by Crippen LogP contribution is 2.45. The standard InChI is InChI=1S/C25H28ClN3O4/c1-3-4-5-12-33-18-8-6-7-16(14-18)24-21-22(19-15-17(26)9-10-20(19)30)27-28-23(21)25(31)29(24)11-13-32-2/h6-10,14-15,24,30H,3-5,11-13H2,1-2H3,(H,27,28). The van der Waals surface area contributed by atoms with Gasteiger partial charge in [0.1, 0.15) is 22.9 Å². The second-order valence-corrected chi connectivity index (χ2v) is 8.48. The number of methoxy groups -OCH3 is 1. The van der Waals surface area contributed by atoms with Crippen LogP contribution in [0.1, 0.15) is 53.8 Å². The third kappa shape index (κ3) is 4.70. The maximum Gasteiger partial charge on any atom is 0.273 e. The zero-order valence-corrected chi connectivity index (χ0v) is 19.6. The Bertz CT molecular complexity index is 1130. The van der Waals surface area contributed by atoms with E-state index in [1.165, 1.54) is 6.07 Å². The lowest BCUT2D eigenvalue weighted by molar-refractivity contribution is 0.0677. The zero-order valence-electron chi connectivity index (χ0n) is 18.8. The molecule has 33 heavy (non-hydrogen) atoms. The van der Waals surface area contributed by atoms with Crippen molar-refractivity contribution in [3.63, 3.8) is 0 Å². The topological polar surface area (TPSA) is 87.7 Å². The summed E-state index contributed by atoms with van der Waals surface area (Å²) in [6.07, 6.45) is 3.24. The van der Waals surface area contributed by atoms with Gasteiger partial charge in [0.05, 0.1) is 19.3 Å². The molecule has 2 heterocycles. The number of carbonyl (C=O) groups is 1. The maximum atomic E-state index is 13.3. The second-order valence-electron chi connectivity index (χ2n) is 8.04. The molecule has 4 rings (SSSR count). The van der Waals surface area contributed by atoms with Crippen LogP contribution in [0.5, 0.6) is 11.5 Å². The van der Waals surface area contributed by atoms with E-state index in [9.17, 15) is 9.90 Å². The molecule has 174 valence electrons. The van der Waals surface area contributed by atoms with Gasteiger partial charge in [0.15, 0.2) is 0 Å². The molecule has 0 aliphatic carbocycles. The zero-order chi connectivity index (χ0) is 23.4. The molecule has 2 N–H and O–H groups in total. The number of aromatic nitrogens is 2. The third-order valence-electron chi connectivity index (χ3n) is 5.80. The Balaban J connectivity index is 1.76. The van der Waals surface area contributed by atoms with Crippen LogP contribution >= 0.6 is 11.6 Å². The number of phenols is 1. The first-order valence-corrected chi connectivity index (χ1v) is 11.5. The summed E-state index contributed by atoms with van der Waals surface area (Å²) in [6.45, 7) is 3.60. The molecule has 0 radical (unpaired) electrons. The summed E-state index contributed by atoms with van der Waals surface area (Å²) in [4.78, 5) is 15.0. The molecule has 0 spiro atoms. The summed E-state index contributed by atoms with van der Waals surface area (Å²) in [7, 11) is 1.61. The van der Waals surface area contributed by atoms with E-state index in [1.54, 1.807) is 24.1 Å². The number of halogens is 1. The number of hydrogen-bond acceptors (Lipinski definition) is 5. The largest absolute Gasteiger partial charge is 0.507 e. The molecule has 1 amide bonds. The van der Waals surface area contributed by atoms with Gasteiger partial charge in [-0.15, -0.1) is 0 Å². The van der Waals surface area contributed by atoms with Crippen LogP contribution < -0.4 is 4.74 Å². The SMILES string of the molecule is CCCCCOc1cccc(C2c3c(-c4cc(Cl)ccc4O)n[nH]c3C(=O)N2CCOC)c1. The highest BCUT2D eigenvalue weighted by Gasteiger charge is 2.42. The van der Waals surface area contributed by atoms with Gasteiger partial charge in [0, 0.05) is 29.8 Å². The molecule has 0 fully saturated rings. The van der Waals surface area contributed by atoms with Gasteiger partial charge in [0.2, 0.25) is 0 Å². The van der Waals surface area contributed by atoms with E-state index in [0.717, 1.165) is 30.6 Å². The fourth-order valence-corrected chi connectivity index (χ4v) is 4.36. The number of rotatable bonds is 10. The van der Waals surface area contributed by atoms with Crippen LogP contribution in [-0.4, -0.2) is 53.0 Å². The van der Waals surface area contributed by atoms with Crippen LogP contribution in [0.4, 0.5) is 0 Å². The molecule has 1 aliphatic rings. The van der Waals surface area contributed by atoms with Crippen LogP contribution in [0.3, 0.4) is 0 Å². The van der Waals surface area contributed by atoms with Crippen LogP contribution in [0.15, 0.2) is 42.5 Å². The number of H-pyrrole nitrogens is 1. The molecule has 3 aromatic rings. The maximum absolute atomic E-state index is 13.3. The smallest absolute Gasteiger partial charge is 0.273 e. The summed E-state index contributed by atoms with van der Waals surface area (Å²) in [6, 6.07) is 12.2. The summed E-state index contributed by atoms with van der Waals surface area (Å²) in [5.74, 6) is 0.636. The van der Waals surface area contributed by atoms with E-state index < -0.39 is 6.04 Å². The van der Waals surface area contributed by atoms with Gasteiger partial charge in [0.25, 0.3) is 5.91 Å². The number of aromatic amines is 1. The number of ether oxygens (including phenoxy) is 2. The van der Waals surface area contributed by atoms with Gasteiger partial charge < -0.3 is 19.5 Å². The van der Waals surface area contributed by atoms with Crippen molar-refractivity contribution in [2.24, 2.45) is 0 Å². The quantitative estimate of drug-likeness (QED) is 0.398. The molecule has 2 aromatic carbocycles. The number of phenolic OH excluding ortho intramolecular Hbond substituents is 1. The monoisotopic (exact) mass is 469 g/mol. The third-order valence-corrected chi connectivity index (χ3v) is 6.04. The number of carbonyl (C=O) groups excluding carboxylic acids is 1. The minimum absolute atomic E-state index is 0.0447. The van der Waals surface area contributed by atoms with Gasteiger partial charge in [-0.3, -0.25) is 9.89 Å². The fraction of sp³-hybridized carbons (Fsp3) is 0.360. The van der Waals surface area contributed by atoms with Crippen molar-refractivity contribution >= 4 is 17.5 Å². The number of hydrogen-bond donors (Lipinski definition) is 2. The first-order chi connectivity index (χ1) is 16.0. The molecule has 1 unspecified atom stereocenters. The molecule has 0 saturated heterocycles. The second kappa shape index (κ2) is 10.3. The highest BCUT2D eigenvalue weighted by molar-refractivity contribution is 6.31. The fourth-order valence-electron chi connectivity index (χ4n) is 4.18. The van der Waals surface area contributed by atoms with Gasteiger partial charge in [-0.25, -0.2) is 0 Å². The summed E-state index contributed by atoms with van der Waals surface area (Å²) in [5, 5.41) is 18.2. The molecule has 1 aromatic heterocycles. The van der Waals surface area contributed by atoms with Gasteiger partial charge in [-0.05, 0) is 42.3 Å². The molecule has 0 bridgehead atoms. The van der Waals surface area contributed by atoms with E-state index in [0.29, 0.717) is 47.3 Å². The van der Waals surface area contributed by atoms with E-state index >= 15 is 0 Å². The number of benzene rings is 2. The predicted molar refractivity (Wildman–Crippen MR) is 127 cm³/mol. The van der Waals surface area contributed by atoms with E-state index in [4.69, 9.17) is 21.1 Å². The van der Waals surface area contributed by atoms with Crippen LogP contribution in [0.2, 0.25) is 5.02 Å².